The third-order valence-electron chi connectivity index (χ3n) is 2.17. The van der Waals surface area contributed by atoms with Gasteiger partial charge in [0.2, 0.25) is 0 Å². The summed E-state index contributed by atoms with van der Waals surface area (Å²) in [6.07, 6.45) is -0.455. The highest BCUT2D eigenvalue weighted by atomic mass is 19.2. The molecule has 3 N–H and O–H groups in total. The SMILES string of the molecule is CC[C@@H](O)[C@@H](N)c1cccc(F)c1F. The van der Waals surface area contributed by atoms with E-state index in [0.717, 1.165) is 6.07 Å². The summed E-state index contributed by atoms with van der Waals surface area (Å²) in [5.41, 5.74) is 5.58. The second kappa shape index (κ2) is 4.48. The Morgan fingerprint density at radius 1 is 1.43 bits per heavy atom. The molecular weight excluding hydrogens is 188 g/mol. The van der Waals surface area contributed by atoms with E-state index in [4.69, 9.17) is 5.73 Å². The van der Waals surface area contributed by atoms with E-state index in [2.05, 4.69) is 0 Å². The largest absolute Gasteiger partial charge is 0.391 e. The van der Waals surface area contributed by atoms with Gasteiger partial charge in [-0.05, 0) is 12.5 Å². The molecule has 1 aromatic carbocycles. The summed E-state index contributed by atoms with van der Waals surface area (Å²) in [4.78, 5) is 0. The van der Waals surface area contributed by atoms with Crippen molar-refractivity contribution in [3.8, 4) is 0 Å². The maximum atomic E-state index is 13.2. The minimum atomic E-state index is -0.979. The van der Waals surface area contributed by atoms with Crippen molar-refractivity contribution in [2.45, 2.75) is 25.5 Å². The fourth-order valence-corrected chi connectivity index (χ4v) is 1.24. The molecule has 0 saturated carbocycles. The van der Waals surface area contributed by atoms with Crippen molar-refractivity contribution in [1.29, 1.82) is 0 Å². The lowest BCUT2D eigenvalue weighted by Gasteiger charge is -2.18. The van der Waals surface area contributed by atoms with E-state index in [1.165, 1.54) is 12.1 Å². The zero-order valence-corrected chi connectivity index (χ0v) is 7.87. The lowest BCUT2D eigenvalue weighted by Crippen LogP contribution is -2.26. The maximum absolute atomic E-state index is 13.2. The minimum Gasteiger partial charge on any atom is -0.391 e. The van der Waals surface area contributed by atoms with Crippen molar-refractivity contribution in [1.82, 2.24) is 0 Å². The minimum absolute atomic E-state index is 0.0133. The first-order chi connectivity index (χ1) is 6.57. The molecular formula is C10H13F2NO. The van der Waals surface area contributed by atoms with Crippen LogP contribution in [0.15, 0.2) is 18.2 Å². The van der Waals surface area contributed by atoms with Crippen LogP contribution in [0, 0.1) is 11.6 Å². The quantitative estimate of drug-likeness (QED) is 0.782. The maximum Gasteiger partial charge on any atom is 0.163 e. The molecule has 0 saturated heterocycles. The lowest BCUT2D eigenvalue weighted by molar-refractivity contribution is 0.139. The van der Waals surface area contributed by atoms with Crippen LogP contribution >= 0.6 is 0 Å². The van der Waals surface area contributed by atoms with Crippen LogP contribution in [0.5, 0.6) is 0 Å². The predicted molar refractivity (Wildman–Crippen MR) is 49.6 cm³/mol. The summed E-state index contributed by atoms with van der Waals surface area (Å²) in [5.74, 6) is -1.92. The molecule has 0 radical (unpaired) electrons. The van der Waals surface area contributed by atoms with E-state index in [1.54, 1.807) is 6.92 Å². The first kappa shape index (κ1) is 11.1. The number of benzene rings is 1. The Balaban J connectivity index is 3.01. The molecule has 0 bridgehead atoms. The number of halogens is 2. The number of hydrogen-bond acceptors (Lipinski definition) is 2. The lowest BCUT2D eigenvalue weighted by atomic mass is 10.00. The topological polar surface area (TPSA) is 46.2 Å². The van der Waals surface area contributed by atoms with Gasteiger partial charge in [0.15, 0.2) is 11.6 Å². The smallest absolute Gasteiger partial charge is 0.163 e. The van der Waals surface area contributed by atoms with Gasteiger partial charge in [-0.3, -0.25) is 0 Å². The first-order valence-electron chi connectivity index (χ1n) is 4.45. The highest BCUT2D eigenvalue weighted by Crippen LogP contribution is 2.21. The number of rotatable bonds is 3. The van der Waals surface area contributed by atoms with Gasteiger partial charge in [0.1, 0.15) is 0 Å². The molecule has 0 aliphatic heterocycles. The Morgan fingerprint density at radius 3 is 2.64 bits per heavy atom. The number of nitrogens with two attached hydrogens (primary N) is 1. The third kappa shape index (κ3) is 2.08. The van der Waals surface area contributed by atoms with E-state index in [1.807, 2.05) is 0 Å². The summed E-state index contributed by atoms with van der Waals surface area (Å²) in [5, 5.41) is 9.38. The molecule has 0 spiro atoms. The van der Waals surface area contributed by atoms with Gasteiger partial charge < -0.3 is 10.8 Å². The molecule has 2 nitrogen and oxygen atoms in total. The van der Waals surface area contributed by atoms with Crippen molar-refractivity contribution >= 4 is 0 Å². The van der Waals surface area contributed by atoms with Crippen LogP contribution in [0.3, 0.4) is 0 Å². The highest BCUT2D eigenvalue weighted by Gasteiger charge is 2.20. The van der Waals surface area contributed by atoms with E-state index >= 15 is 0 Å². The van der Waals surface area contributed by atoms with Crippen LogP contribution in [0.2, 0.25) is 0 Å². The monoisotopic (exact) mass is 201 g/mol. The van der Waals surface area contributed by atoms with Crippen molar-refractivity contribution in [3.05, 3.63) is 35.4 Å². The van der Waals surface area contributed by atoms with E-state index in [-0.39, 0.29) is 5.56 Å². The molecule has 0 amide bonds. The van der Waals surface area contributed by atoms with Gasteiger partial charge in [0.25, 0.3) is 0 Å². The molecule has 2 atom stereocenters. The fraction of sp³-hybridized carbons (Fsp3) is 0.400. The molecule has 0 aliphatic rings. The molecule has 0 heterocycles. The van der Waals surface area contributed by atoms with Crippen LogP contribution in [0.25, 0.3) is 0 Å². The average Bonchev–Trinajstić information content (AvgIpc) is 2.20. The Morgan fingerprint density at radius 2 is 2.07 bits per heavy atom. The standard InChI is InChI=1S/C10H13F2NO/c1-2-8(14)10(13)6-4-3-5-7(11)9(6)12/h3-5,8,10,14H,2,13H2,1H3/t8-,10+/m1/s1. The number of aliphatic hydroxyl groups excluding tert-OH is 1. The average molecular weight is 201 g/mol. The Labute approximate surface area is 81.4 Å². The third-order valence-corrected chi connectivity index (χ3v) is 2.17. The van der Waals surface area contributed by atoms with Crippen LogP contribution in [-0.2, 0) is 0 Å². The van der Waals surface area contributed by atoms with Gasteiger partial charge >= 0.3 is 0 Å². The molecule has 1 rings (SSSR count). The zero-order valence-electron chi connectivity index (χ0n) is 7.87. The number of aliphatic hydroxyl groups is 1. The van der Waals surface area contributed by atoms with Gasteiger partial charge in [-0.2, -0.15) is 0 Å². The van der Waals surface area contributed by atoms with Crippen molar-refractivity contribution in [3.63, 3.8) is 0 Å². The molecule has 78 valence electrons. The van der Waals surface area contributed by atoms with Crippen LogP contribution < -0.4 is 5.73 Å². The van der Waals surface area contributed by atoms with Crippen molar-refractivity contribution in [2.75, 3.05) is 0 Å². The normalized spacial score (nSPS) is 15.2. The highest BCUT2D eigenvalue weighted by molar-refractivity contribution is 5.23. The second-order valence-electron chi connectivity index (χ2n) is 3.14. The predicted octanol–water partition coefficient (Wildman–Crippen LogP) is 1.74. The molecule has 4 heteroatoms. The van der Waals surface area contributed by atoms with Gasteiger partial charge in [-0.15, -0.1) is 0 Å². The summed E-state index contributed by atoms with van der Waals surface area (Å²) >= 11 is 0. The Bertz CT molecular complexity index is 317. The van der Waals surface area contributed by atoms with E-state index in [9.17, 15) is 13.9 Å². The van der Waals surface area contributed by atoms with Gasteiger partial charge in [-0.1, -0.05) is 19.1 Å². The van der Waals surface area contributed by atoms with Crippen LogP contribution in [0.4, 0.5) is 8.78 Å². The summed E-state index contributed by atoms with van der Waals surface area (Å²) in [6, 6.07) is 2.89. The van der Waals surface area contributed by atoms with Crippen molar-refractivity contribution in [2.24, 2.45) is 5.73 Å². The van der Waals surface area contributed by atoms with E-state index < -0.39 is 23.8 Å². The van der Waals surface area contributed by atoms with Gasteiger partial charge in [-0.25, -0.2) is 8.78 Å². The van der Waals surface area contributed by atoms with Gasteiger partial charge in [0.05, 0.1) is 12.1 Å². The molecule has 1 aromatic rings. The molecule has 0 fully saturated rings. The summed E-state index contributed by atoms with van der Waals surface area (Å²) < 4.78 is 26.0. The molecule has 0 unspecified atom stereocenters. The molecule has 0 aromatic heterocycles. The van der Waals surface area contributed by atoms with Crippen LogP contribution in [0.1, 0.15) is 24.9 Å². The van der Waals surface area contributed by atoms with E-state index in [0.29, 0.717) is 6.42 Å². The van der Waals surface area contributed by atoms with Gasteiger partial charge in [0, 0.05) is 5.56 Å². The van der Waals surface area contributed by atoms with Crippen LogP contribution in [-0.4, -0.2) is 11.2 Å². The summed E-state index contributed by atoms with van der Waals surface area (Å²) in [7, 11) is 0. The summed E-state index contributed by atoms with van der Waals surface area (Å²) in [6.45, 7) is 1.72. The fourth-order valence-electron chi connectivity index (χ4n) is 1.24. The molecule has 14 heavy (non-hydrogen) atoms. The Kier molecular flexibility index (Phi) is 3.55. The molecule has 0 aliphatic carbocycles. The van der Waals surface area contributed by atoms with Crippen molar-refractivity contribution < 1.29 is 13.9 Å². The first-order valence-corrected chi connectivity index (χ1v) is 4.45. The number of hydrogen-bond donors (Lipinski definition) is 2. The second-order valence-corrected chi connectivity index (χ2v) is 3.14. The zero-order chi connectivity index (χ0) is 10.7. The Hall–Kier alpha value is -1.00.